The summed E-state index contributed by atoms with van der Waals surface area (Å²) in [6, 6.07) is 9.77. The first kappa shape index (κ1) is 11.2. The molecule has 0 amide bonds. The Balaban J connectivity index is 1.93. The predicted molar refractivity (Wildman–Crippen MR) is 66.1 cm³/mol. The molecule has 0 aliphatic heterocycles. The number of rotatable bonds is 4. The van der Waals surface area contributed by atoms with Crippen molar-refractivity contribution in [1.82, 2.24) is 15.4 Å². The first-order chi connectivity index (χ1) is 8.36. The number of benzene rings is 1. The highest BCUT2D eigenvalue weighted by Gasteiger charge is 2.03. The Labute approximate surface area is 99.4 Å². The molecule has 5 nitrogen and oxygen atoms in total. The number of nitrogens with one attached hydrogen (secondary N) is 1. The molecule has 0 spiro atoms. The standard InChI is InChI=1S/C12H13N5/c13-12(11-9-14-6-7-15-11)17-16-8-10-4-2-1-3-5-10/h1-9,12,17H,13H2/b16-8+. The zero-order chi connectivity index (χ0) is 11.9. The Morgan fingerprint density at radius 1 is 1.24 bits per heavy atom. The van der Waals surface area contributed by atoms with Gasteiger partial charge in [0, 0.05) is 12.4 Å². The normalized spacial score (nSPS) is 12.5. The molecule has 1 unspecified atom stereocenters. The maximum Gasteiger partial charge on any atom is 0.135 e. The molecule has 86 valence electrons. The van der Waals surface area contributed by atoms with Gasteiger partial charge in [0.1, 0.15) is 6.17 Å². The van der Waals surface area contributed by atoms with E-state index in [1.54, 1.807) is 24.8 Å². The van der Waals surface area contributed by atoms with Crippen LogP contribution in [0.1, 0.15) is 17.4 Å². The summed E-state index contributed by atoms with van der Waals surface area (Å²) in [6.45, 7) is 0. The molecule has 0 saturated carbocycles. The SMILES string of the molecule is NC(N/N=C/c1ccccc1)c1cnccn1. The van der Waals surface area contributed by atoms with E-state index in [0.717, 1.165) is 5.56 Å². The van der Waals surface area contributed by atoms with Crippen LogP contribution in [-0.4, -0.2) is 16.2 Å². The molecule has 0 bridgehead atoms. The van der Waals surface area contributed by atoms with Gasteiger partial charge >= 0.3 is 0 Å². The lowest BCUT2D eigenvalue weighted by molar-refractivity contribution is 0.564. The van der Waals surface area contributed by atoms with Crippen molar-refractivity contribution < 1.29 is 0 Å². The third kappa shape index (κ3) is 3.35. The number of hydrogen-bond donors (Lipinski definition) is 2. The van der Waals surface area contributed by atoms with Gasteiger partial charge < -0.3 is 5.73 Å². The monoisotopic (exact) mass is 227 g/mol. The lowest BCUT2D eigenvalue weighted by Crippen LogP contribution is -2.25. The Bertz CT molecular complexity index is 469. The van der Waals surface area contributed by atoms with E-state index in [0.29, 0.717) is 5.69 Å². The van der Waals surface area contributed by atoms with Crippen molar-refractivity contribution in [3.63, 3.8) is 0 Å². The van der Waals surface area contributed by atoms with E-state index in [2.05, 4.69) is 20.5 Å². The smallest absolute Gasteiger partial charge is 0.135 e. The van der Waals surface area contributed by atoms with Crippen LogP contribution in [0.4, 0.5) is 0 Å². The van der Waals surface area contributed by atoms with Gasteiger partial charge in [0.05, 0.1) is 18.1 Å². The van der Waals surface area contributed by atoms with Crippen LogP contribution < -0.4 is 11.2 Å². The molecule has 17 heavy (non-hydrogen) atoms. The van der Waals surface area contributed by atoms with Gasteiger partial charge in [-0.25, -0.2) is 0 Å². The average molecular weight is 227 g/mol. The molecular weight excluding hydrogens is 214 g/mol. The van der Waals surface area contributed by atoms with Crippen molar-refractivity contribution in [3.8, 4) is 0 Å². The molecule has 1 aromatic heterocycles. The maximum absolute atomic E-state index is 5.83. The summed E-state index contributed by atoms with van der Waals surface area (Å²) in [4.78, 5) is 8.02. The van der Waals surface area contributed by atoms with Crippen molar-refractivity contribution >= 4 is 6.21 Å². The first-order valence-electron chi connectivity index (χ1n) is 5.21. The molecule has 1 atom stereocenters. The topological polar surface area (TPSA) is 76.2 Å². The summed E-state index contributed by atoms with van der Waals surface area (Å²) in [5, 5.41) is 4.05. The fraction of sp³-hybridized carbons (Fsp3) is 0.0833. The Hall–Kier alpha value is -2.27. The summed E-state index contributed by atoms with van der Waals surface area (Å²) in [5.74, 6) is 0. The Kier molecular flexibility index (Phi) is 3.77. The van der Waals surface area contributed by atoms with Gasteiger partial charge in [-0.1, -0.05) is 30.3 Å². The lowest BCUT2D eigenvalue weighted by Gasteiger charge is -2.08. The van der Waals surface area contributed by atoms with Gasteiger partial charge in [-0.15, -0.1) is 0 Å². The van der Waals surface area contributed by atoms with E-state index in [-0.39, 0.29) is 0 Å². The molecule has 2 rings (SSSR count). The fourth-order valence-electron chi connectivity index (χ4n) is 1.27. The molecule has 0 fully saturated rings. The third-order valence-electron chi connectivity index (χ3n) is 2.13. The molecule has 0 radical (unpaired) electrons. The second-order valence-corrected chi connectivity index (χ2v) is 3.41. The van der Waals surface area contributed by atoms with Gasteiger partial charge in [0.25, 0.3) is 0 Å². The van der Waals surface area contributed by atoms with E-state index < -0.39 is 6.17 Å². The molecule has 5 heteroatoms. The summed E-state index contributed by atoms with van der Waals surface area (Å²) in [6.07, 6.45) is 6.05. The van der Waals surface area contributed by atoms with E-state index in [4.69, 9.17) is 5.73 Å². The zero-order valence-corrected chi connectivity index (χ0v) is 9.19. The van der Waals surface area contributed by atoms with Crippen molar-refractivity contribution in [1.29, 1.82) is 0 Å². The van der Waals surface area contributed by atoms with E-state index >= 15 is 0 Å². The minimum Gasteiger partial charge on any atom is -0.305 e. The van der Waals surface area contributed by atoms with Gasteiger partial charge in [-0.05, 0) is 5.56 Å². The number of nitrogens with zero attached hydrogens (tertiary/aromatic N) is 3. The van der Waals surface area contributed by atoms with Gasteiger partial charge in [-0.3, -0.25) is 15.4 Å². The second kappa shape index (κ2) is 5.72. The van der Waals surface area contributed by atoms with Gasteiger partial charge in [0.15, 0.2) is 0 Å². The number of hydrazone groups is 1. The third-order valence-corrected chi connectivity index (χ3v) is 2.13. The molecule has 0 aliphatic rings. The highest BCUT2D eigenvalue weighted by molar-refractivity contribution is 5.79. The van der Waals surface area contributed by atoms with Crippen molar-refractivity contribution in [2.75, 3.05) is 0 Å². The van der Waals surface area contributed by atoms with Crippen LogP contribution in [0.15, 0.2) is 54.0 Å². The summed E-state index contributed by atoms with van der Waals surface area (Å²) >= 11 is 0. The quantitative estimate of drug-likeness (QED) is 0.465. The van der Waals surface area contributed by atoms with Crippen LogP contribution in [0.25, 0.3) is 0 Å². The van der Waals surface area contributed by atoms with Gasteiger partial charge in [-0.2, -0.15) is 5.10 Å². The highest BCUT2D eigenvalue weighted by atomic mass is 15.3. The lowest BCUT2D eigenvalue weighted by atomic mass is 10.2. The number of aromatic nitrogens is 2. The van der Waals surface area contributed by atoms with E-state index in [9.17, 15) is 0 Å². The van der Waals surface area contributed by atoms with Crippen LogP contribution in [0, 0.1) is 0 Å². The van der Waals surface area contributed by atoms with Crippen molar-refractivity contribution in [3.05, 3.63) is 60.2 Å². The zero-order valence-electron chi connectivity index (χ0n) is 9.19. The van der Waals surface area contributed by atoms with E-state index in [1.165, 1.54) is 0 Å². The van der Waals surface area contributed by atoms with Crippen molar-refractivity contribution in [2.45, 2.75) is 6.17 Å². The number of nitrogens with two attached hydrogens (primary N) is 1. The maximum atomic E-state index is 5.83. The average Bonchev–Trinajstić information content (AvgIpc) is 2.41. The van der Waals surface area contributed by atoms with Crippen LogP contribution in [0.2, 0.25) is 0 Å². The van der Waals surface area contributed by atoms with Crippen LogP contribution >= 0.6 is 0 Å². The first-order valence-corrected chi connectivity index (χ1v) is 5.21. The predicted octanol–water partition coefficient (Wildman–Crippen LogP) is 1.06. The van der Waals surface area contributed by atoms with Crippen LogP contribution in [-0.2, 0) is 0 Å². The van der Waals surface area contributed by atoms with Crippen LogP contribution in [0.3, 0.4) is 0 Å². The molecule has 1 aromatic carbocycles. The van der Waals surface area contributed by atoms with Crippen molar-refractivity contribution in [2.24, 2.45) is 10.8 Å². The minimum absolute atomic E-state index is 0.455. The fourth-order valence-corrected chi connectivity index (χ4v) is 1.27. The molecule has 3 N–H and O–H groups in total. The van der Waals surface area contributed by atoms with E-state index in [1.807, 2.05) is 30.3 Å². The second-order valence-electron chi connectivity index (χ2n) is 3.41. The minimum atomic E-state index is -0.455. The highest BCUT2D eigenvalue weighted by Crippen LogP contribution is 2.00. The largest absolute Gasteiger partial charge is 0.305 e. The molecule has 1 heterocycles. The van der Waals surface area contributed by atoms with Crippen LogP contribution in [0.5, 0.6) is 0 Å². The Morgan fingerprint density at radius 3 is 2.76 bits per heavy atom. The summed E-state index contributed by atoms with van der Waals surface area (Å²) < 4.78 is 0. The summed E-state index contributed by atoms with van der Waals surface area (Å²) in [5.41, 5.74) is 10.3. The molecule has 2 aromatic rings. The molecule has 0 aliphatic carbocycles. The molecule has 0 saturated heterocycles. The number of hydrogen-bond acceptors (Lipinski definition) is 5. The molecular formula is C12H13N5. The van der Waals surface area contributed by atoms with Gasteiger partial charge in [0.2, 0.25) is 0 Å². The Morgan fingerprint density at radius 2 is 2.06 bits per heavy atom. The summed E-state index contributed by atoms with van der Waals surface area (Å²) in [7, 11) is 0.